The van der Waals surface area contributed by atoms with Gasteiger partial charge in [-0.05, 0) is 57.6 Å². The van der Waals surface area contributed by atoms with Crippen molar-refractivity contribution < 1.29 is 14.3 Å². The molecule has 1 spiro atoms. The molecule has 0 bridgehead atoms. The van der Waals surface area contributed by atoms with E-state index in [2.05, 4.69) is 4.98 Å². The molecule has 1 aromatic heterocycles. The monoisotopic (exact) mass is 379 g/mol. The van der Waals surface area contributed by atoms with Crippen molar-refractivity contribution in [2.45, 2.75) is 52.1 Å². The van der Waals surface area contributed by atoms with E-state index in [0.29, 0.717) is 31.2 Å². The molecule has 3 heterocycles. The molecule has 0 radical (unpaired) electrons. The van der Waals surface area contributed by atoms with Gasteiger partial charge < -0.3 is 14.5 Å². The third-order valence-electron chi connectivity index (χ3n) is 5.19. The Balaban J connectivity index is 1.58. The summed E-state index contributed by atoms with van der Waals surface area (Å²) in [5, 5.41) is 0.421. The molecule has 0 atom stereocenters. The predicted octanol–water partition coefficient (Wildman–Crippen LogP) is 3.88. The Labute approximate surface area is 159 Å². The third kappa shape index (κ3) is 4.29. The number of hydrogen-bond acceptors (Lipinski definition) is 4. The Hall–Kier alpha value is -1.82. The average molecular weight is 380 g/mol. The summed E-state index contributed by atoms with van der Waals surface area (Å²) in [6.45, 7) is 7.58. The lowest BCUT2D eigenvalue weighted by molar-refractivity contribution is -0.123. The fourth-order valence-electron chi connectivity index (χ4n) is 3.70. The summed E-state index contributed by atoms with van der Waals surface area (Å²) in [5.41, 5.74) is 0.298. The number of ether oxygens (including phenoxy) is 1. The number of halogens is 1. The second kappa shape index (κ2) is 7.06. The first kappa shape index (κ1) is 19.0. The van der Waals surface area contributed by atoms with Gasteiger partial charge in [-0.3, -0.25) is 4.79 Å². The van der Waals surface area contributed by atoms with E-state index < -0.39 is 5.60 Å². The van der Waals surface area contributed by atoms with Gasteiger partial charge in [-0.25, -0.2) is 9.78 Å². The normalized spacial score (nSPS) is 20.4. The molecule has 0 aliphatic carbocycles. The summed E-state index contributed by atoms with van der Waals surface area (Å²) in [7, 11) is 0. The molecule has 0 aromatic carbocycles. The summed E-state index contributed by atoms with van der Waals surface area (Å²) >= 11 is 5.83. The van der Waals surface area contributed by atoms with Gasteiger partial charge in [-0.2, -0.15) is 0 Å². The van der Waals surface area contributed by atoms with Crippen molar-refractivity contribution in [2.24, 2.45) is 5.41 Å². The van der Waals surface area contributed by atoms with E-state index in [1.807, 2.05) is 26.8 Å². The van der Waals surface area contributed by atoms with Gasteiger partial charge >= 0.3 is 6.09 Å². The Morgan fingerprint density at radius 2 is 1.85 bits per heavy atom. The summed E-state index contributed by atoms with van der Waals surface area (Å²) < 4.78 is 5.45. The van der Waals surface area contributed by atoms with Crippen molar-refractivity contribution in [1.82, 2.24) is 9.88 Å². The molecule has 3 rings (SSSR count). The lowest BCUT2D eigenvalue weighted by atomic mass is 9.71. The van der Waals surface area contributed by atoms with Gasteiger partial charge in [0.1, 0.15) is 10.8 Å². The summed E-state index contributed by atoms with van der Waals surface area (Å²) in [6, 6.07) is 3.53. The zero-order valence-electron chi connectivity index (χ0n) is 15.6. The minimum Gasteiger partial charge on any atom is -0.444 e. The van der Waals surface area contributed by atoms with Crippen molar-refractivity contribution in [3.63, 3.8) is 0 Å². The van der Waals surface area contributed by atoms with Crippen LogP contribution < -0.4 is 4.90 Å². The van der Waals surface area contributed by atoms with E-state index in [1.165, 1.54) is 0 Å². The van der Waals surface area contributed by atoms with E-state index in [4.69, 9.17) is 16.3 Å². The summed E-state index contributed by atoms with van der Waals surface area (Å²) in [4.78, 5) is 32.6. The van der Waals surface area contributed by atoms with Crippen molar-refractivity contribution >= 4 is 29.3 Å². The van der Waals surface area contributed by atoms with Crippen LogP contribution in [-0.4, -0.2) is 47.1 Å². The van der Waals surface area contributed by atoms with Gasteiger partial charge in [0.25, 0.3) is 0 Å². The van der Waals surface area contributed by atoms with E-state index in [-0.39, 0.29) is 17.4 Å². The molecule has 2 fully saturated rings. The van der Waals surface area contributed by atoms with Crippen molar-refractivity contribution in [2.75, 3.05) is 24.5 Å². The van der Waals surface area contributed by atoms with Crippen molar-refractivity contribution in [3.05, 3.63) is 23.5 Å². The first-order chi connectivity index (χ1) is 12.2. The highest BCUT2D eigenvalue weighted by atomic mass is 35.5. The average Bonchev–Trinajstić information content (AvgIpc) is 2.55. The number of hydrogen-bond donors (Lipinski definition) is 0. The van der Waals surface area contributed by atoms with Gasteiger partial charge in [0, 0.05) is 26.1 Å². The summed E-state index contributed by atoms with van der Waals surface area (Å²) in [5.74, 6) is 0.117. The highest BCUT2D eigenvalue weighted by Gasteiger charge is 2.42. The number of rotatable bonds is 1. The number of pyridine rings is 1. The van der Waals surface area contributed by atoms with Crippen LogP contribution in [-0.2, 0) is 9.53 Å². The number of likely N-dealkylation sites (tertiary alicyclic amines) is 1. The van der Waals surface area contributed by atoms with Gasteiger partial charge in [-0.1, -0.05) is 11.6 Å². The number of carbonyl (C=O) groups is 2. The van der Waals surface area contributed by atoms with Crippen LogP contribution >= 0.6 is 11.6 Å². The molecular formula is C19H26ClN3O3. The Morgan fingerprint density at radius 3 is 2.38 bits per heavy atom. The van der Waals surface area contributed by atoms with E-state index in [0.717, 1.165) is 24.9 Å². The predicted molar refractivity (Wildman–Crippen MR) is 100 cm³/mol. The molecule has 142 valence electrons. The van der Waals surface area contributed by atoms with Gasteiger partial charge in [0.05, 0.1) is 11.9 Å². The maximum Gasteiger partial charge on any atom is 0.410 e. The lowest BCUT2D eigenvalue weighted by Crippen LogP contribution is -2.51. The maximum atomic E-state index is 12.7. The van der Waals surface area contributed by atoms with Crippen molar-refractivity contribution in [1.29, 1.82) is 0 Å². The topological polar surface area (TPSA) is 62.7 Å². The third-order valence-corrected chi connectivity index (χ3v) is 5.42. The van der Waals surface area contributed by atoms with Crippen LogP contribution in [0.4, 0.5) is 10.5 Å². The fourth-order valence-corrected chi connectivity index (χ4v) is 3.81. The molecule has 0 saturated carbocycles. The van der Waals surface area contributed by atoms with E-state index in [1.54, 1.807) is 22.1 Å². The minimum atomic E-state index is -0.486. The van der Waals surface area contributed by atoms with Crippen LogP contribution in [0.5, 0.6) is 0 Å². The number of piperidine rings is 2. The first-order valence-corrected chi connectivity index (χ1v) is 9.45. The number of anilines is 1. The second-order valence-corrected chi connectivity index (χ2v) is 8.67. The number of carbonyl (C=O) groups excluding carboxylic acids is 2. The smallest absolute Gasteiger partial charge is 0.410 e. The molecule has 2 aliphatic heterocycles. The van der Waals surface area contributed by atoms with Crippen LogP contribution in [0.15, 0.2) is 18.3 Å². The van der Waals surface area contributed by atoms with Crippen LogP contribution in [0.3, 0.4) is 0 Å². The van der Waals surface area contributed by atoms with Crippen LogP contribution in [0.2, 0.25) is 5.15 Å². The maximum absolute atomic E-state index is 12.7. The van der Waals surface area contributed by atoms with Crippen molar-refractivity contribution in [3.8, 4) is 0 Å². The minimum absolute atomic E-state index is 0.00799. The van der Waals surface area contributed by atoms with E-state index >= 15 is 0 Å². The molecule has 6 nitrogen and oxygen atoms in total. The molecule has 7 heteroatoms. The second-order valence-electron chi connectivity index (χ2n) is 8.28. The Morgan fingerprint density at radius 1 is 1.19 bits per heavy atom. The molecule has 0 unspecified atom stereocenters. The van der Waals surface area contributed by atoms with Crippen LogP contribution in [0, 0.1) is 5.41 Å². The highest BCUT2D eigenvalue weighted by molar-refractivity contribution is 6.29. The largest absolute Gasteiger partial charge is 0.444 e. The van der Waals surface area contributed by atoms with Crippen LogP contribution in [0.1, 0.15) is 46.5 Å². The molecular weight excluding hydrogens is 354 g/mol. The zero-order chi connectivity index (χ0) is 18.9. The molecule has 2 saturated heterocycles. The molecule has 2 amide bonds. The summed E-state index contributed by atoms with van der Waals surface area (Å²) in [6.07, 6.45) is 4.50. The van der Waals surface area contributed by atoms with Gasteiger partial charge in [0.2, 0.25) is 5.91 Å². The Bertz CT molecular complexity index is 676. The molecule has 26 heavy (non-hydrogen) atoms. The number of aromatic nitrogens is 1. The van der Waals surface area contributed by atoms with Crippen LogP contribution in [0.25, 0.3) is 0 Å². The zero-order valence-corrected chi connectivity index (χ0v) is 16.4. The van der Waals surface area contributed by atoms with E-state index in [9.17, 15) is 9.59 Å². The highest BCUT2D eigenvalue weighted by Crippen LogP contribution is 2.42. The molecule has 0 N–H and O–H groups in total. The van der Waals surface area contributed by atoms with Gasteiger partial charge in [0.15, 0.2) is 0 Å². The standard InChI is InChI=1S/C19H26ClN3O3/c1-18(2,3)26-17(25)22-9-6-19(7-10-22)8-11-23(16(24)12-19)14-4-5-15(20)21-13-14/h4-5,13H,6-12H2,1-3H3. The quantitative estimate of drug-likeness (QED) is 0.694. The van der Waals surface area contributed by atoms with Gasteiger partial charge in [-0.15, -0.1) is 0 Å². The number of nitrogens with zero attached hydrogens (tertiary/aromatic N) is 3. The molecule has 1 aromatic rings. The SMILES string of the molecule is CC(C)(C)OC(=O)N1CCC2(CC1)CCN(c1ccc(Cl)nc1)C(=O)C2. The molecule has 2 aliphatic rings. The Kier molecular flexibility index (Phi) is 5.15. The number of amides is 2. The first-order valence-electron chi connectivity index (χ1n) is 9.07. The fraction of sp³-hybridized carbons (Fsp3) is 0.632. The lowest BCUT2D eigenvalue weighted by Gasteiger charge is -2.46.